The van der Waals surface area contributed by atoms with Crippen LogP contribution in [0.3, 0.4) is 0 Å². The molecule has 0 unspecified atom stereocenters. The first-order valence-electron chi connectivity index (χ1n) is 11.2. The Balaban J connectivity index is 1.38. The molecule has 2 heterocycles. The van der Waals surface area contributed by atoms with Crippen LogP contribution in [0, 0.1) is 17.2 Å². The summed E-state index contributed by atoms with van der Waals surface area (Å²) < 4.78 is 0. The van der Waals surface area contributed by atoms with Crippen LogP contribution in [-0.4, -0.2) is 46.6 Å². The van der Waals surface area contributed by atoms with E-state index in [0.29, 0.717) is 30.0 Å². The molecule has 2 amide bonds. The second-order valence-electron chi connectivity index (χ2n) is 8.09. The minimum Gasteiger partial charge on any atom is -0.371 e. The number of aromatic nitrogens is 2. The van der Waals surface area contributed by atoms with Gasteiger partial charge in [0.1, 0.15) is 6.54 Å². The summed E-state index contributed by atoms with van der Waals surface area (Å²) in [6, 6.07) is 18.6. The van der Waals surface area contributed by atoms with Gasteiger partial charge in [0, 0.05) is 47.7 Å². The minimum atomic E-state index is -0.316. The molecular weight excluding hydrogens is 446 g/mol. The van der Waals surface area contributed by atoms with Crippen molar-refractivity contribution in [3.63, 3.8) is 0 Å². The zero-order valence-electron chi connectivity index (χ0n) is 18.9. The van der Waals surface area contributed by atoms with Gasteiger partial charge in [-0.3, -0.25) is 14.8 Å². The maximum absolute atomic E-state index is 12.0. The molecule has 4 N–H and O–H groups in total. The summed E-state index contributed by atoms with van der Waals surface area (Å²) >= 11 is 0. The van der Waals surface area contributed by atoms with E-state index in [-0.39, 0.29) is 24.3 Å². The number of anilines is 3. The molecule has 0 bridgehead atoms. The summed E-state index contributed by atoms with van der Waals surface area (Å²) in [5.74, 6) is -0.324. The summed E-state index contributed by atoms with van der Waals surface area (Å²) in [5, 5.41) is 23.1. The second-order valence-corrected chi connectivity index (χ2v) is 8.09. The van der Waals surface area contributed by atoms with Crippen molar-refractivity contribution < 1.29 is 14.8 Å². The molecule has 0 radical (unpaired) electrons. The number of nitrogens with zero attached hydrogens (tertiary/aromatic N) is 4. The zero-order valence-corrected chi connectivity index (χ0v) is 18.9. The Bertz CT molecular complexity index is 1220. The van der Waals surface area contributed by atoms with Gasteiger partial charge < -0.3 is 15.5 Å². The van der Waals surface area contributed by atoms with E-state index in [1.54, 1.807) is 42.0 Å². The molecule has 1 aliphatic rings. The molecule has 1 saturated heterocycles. The summed E-state index contributed by atoms with van der Waals surface area (Å²) in [4.78, 5) is 34.6. The Morgan fingerprint density at radius 2 is 1.77 bits per heavy atom. The van der Waals surface area contributed by atoms with Crippen molar-refractivity contribution in [1.29, 1.82) is 5.26 Å². The van der Waals surface area contributed by atoms with E-state index < -0.39 is 0 Å². The highest BCUT2D eigenvalue weighted by Gasteiger charge is 2.24. The van der Waals surface area contributed by atoms with E-state index in [0.717, 1.165) is 30.0 Å². The number of benzene rings is 2. The Morgan fingerprint density at radius 1 is 1.06 bits per heavy atom. The summed E-state index contributed by atoms with van der Waals surface area (Å²) in [5.41, 5.74) is 5.65. The third-order valence-electron chi connectivity index (χ3n) is 5.89. The number of carbonyl (C=O) groups excluding carboxylic acids is 2. The van der Waals surface area contributed by atoms with Crippen LogP contribution in [0.4, 0.5) is 17.3 Å². The molecule has 0 atom stereocenters. The third kappa shape index (κ3) is 5.90. The van der Waals surface area contributed by atoms with Gasteiger partial charge in [-0.2, -0.15) is 5.26 Å². The van der Waals surface area contributed by atoms with Crippen LogP contribution in [0.15, 0.2) is 60.8 Å². The standard InChI is InChI=1S/C25H25N7O3/c26-12-14-27-23(33)18-3-1-17(2-4-18)22-9-13-28-25(30-22)29-20-5-7-21(8-6-20)32-15-10-19(11-16-32)24(34)31-35/h1-9,13,19,35H,10-11,14-16H2,(H,27,33)(H,31,34)(H,28,29,30). The van der Waals surface area contributed by atoms with E-state index in [1.165, 1.54) is 0 Å². The lowest BCUT2D eigenvalue weighted by Gasteiger charge is -2.32. The highest BCUT2D eigenvalue weighted by atomic mass is 16.5. The molecule has 2 aromatic carbocycles. The molecule has 178 valence electrons. The molecule has 3 aromatic rings. The van der Waals surface area contributed by atoms with Crippen LogP contribution in [0.2, 0.25) is 0 Å². The molecular formula is C25H25N7O3. The Hall–Kier alpha value is -4.49. The molecule has 1 aliphatic heterocycles. The highest BCUT2D eigenvalue weighted by molar-refractivity contribution is 5.94. The predicted octanol–water partition coefficient (Wildman–Crippen LogP) is 2.86. The van der Waals surface area contributed by atoms with E-state index in [4.69, 9.17) is 10.5 Å². The van der Waals surface area contributed by atoms with Gasteiger partial charge in [-0.25, -0.2) is 15.4 Å². The molecule has 1 aromatic heterocycles. The van der Waals surface area contributed by atoms with Crippen molar-refractivity contribution in [1.82, 2.24) is 20.8 Å². The van der Waals surface area contributed by atoms with Gasteiger partial charge in [-0.05, 0) is 55.3 Å². The lowest BCUT2D eigenvalue weighted by molar-refractivity contribution is -0.134. The molecule has 1 fully saturated rings. The fraction of sp³-hybridized carbons (Fsp3) is 0.240. The molecule has 4 rings (SSSR count). The first-order valence-corrected chi connectivity index (χ1v) is 11.2. The predicted molar refractivity (Wildman–Crippen MR) is 130 cm³/mol. The first kappa shape index (κ1) is 23.7. The van der Waals surface area contributed by atoms with Gasteiger partial charge in [-0.1, -0.05) is 12.1 Å². The zero-order chi connectivity index (χ0) is 24.6. The molecule has 0 aliphatic carbocycles. The average Bonchev–Trinajstić information content (AvgIpc) is 2.92. The number of amides is 2. The van der Waals surface area contributed by atoms with Crippen molar-refractivity contribution in [2.45, 2.75) is 12.8 Å². The molecule has 10 heteroatoms. The highest BCUT2D eigenvalue weighted by Crippen LogP contribution is 2.26. The Morgan fingerprint density at radius 3 is 2.43 bits per heavy atom. The molecule has 0 spiro atoms. The van der Waals surface area contributed by atoms with Crippen LogP contribution in [0.5, 0.6) is 0 Å². The topological polar surface area (TPSA) is 143 Å². The maximum atomic E-state index is 12.0. The van der Waals surface area contributed by atoms with Crippen molar-refractivity contribution in [3.05, 3.63) is 66.4 Å². The SMILES string of the molecule is N#CCNC(=O)c1ccc(-c2ccnc(Nc3ccc(N4CCC(C(=O)NO)CC4)cc3)n2)cc1. The number of nitriles is 1. The number of hydrogen-bond donors (Lipinski definition) is 4. The van der Waals surface area contributed by atoms with Crippen LogP contribution in [0.1, 0.15) is 23.2 Å². The number of piperidine rings is 1. The van der Waals surface area contributed by atoms with Crippen molar-refractivity contribution in [2.75, 3.05) is 29.9 Å². The van der Waals surface area contributed by atoms with Crippen LogP contribution < -0.4 is 21.0 Å². The molecule has 0 saturated carbocycles. The number of nitrogens with one attached hydrogen (secondary N) is 3. The first-order chi connectivity index (χ1) is 17.1. The summed E-state index contributed by atoms with van der Waals surface area (Å²) in [6.45, 7) is 1.45. The van der Waals surface area contributed by atoms with Gasteiger partial charge in [0.25, 0.3) is 5.91 Å². The quantitative estimate of drug-likeness (QED) is 0.234. The van der Waals surface area contributed by atoms with Gasteiger partial charge >= 0.3 is 0 Å². The third-order valence-corrected chi connectivity index (χ3v) is 5.89. The molecule has 10 nitrogen and oxygen atoms in total. The van der Waals surface area contributed by atoms with Gasteiger partial charge in [0.2, 0.25) is 11.9 Å². The fourth-order valence-electron chi connectivity index (χ4n) is 3.97. The summed E-state index contributed by atoms with van der Waals surface area (Å²) in [6.07, 6.45) is 3.05. The van der Waals surface area contributed by atoms with Crippen LogP contribution in [0.25, 0.3) is 11.3 Å². The lowest BCUT2D eigenvalue weighted by Crippen LogP contribution is -2.39. The van der Waals surface area contributed by atoms with E-state index in [1.807, 2.05) is 30.3 Å². The average molecular weight is 472 g/mol. The minimum absolute atomic E-state index is 0.0373. The lowest BCUT2D eigenvalue weighted by atomic mass is 9.96. The van der Waals surface area contributed by atoms with E-state index >= 15 is 0 Å². The van der Waals surface area contributed by atoms with Crippen LogP contribution >= 0.6 is 0 Å². The number of rotatable bonds is 7. The van der Waals surface area contributed by atoms with Gasteiger partial charge in [0.15, 0.2) is 0 Å². The monoisotopic (exact) mass is 471 g/mol. The number of hydroxylamine groups is 1. The summed E-state index contributed by atoms with van der Waals surface area (Å²) in [7, 11) is 0. The fourth-order valence-corrected chi connectivity index (χ4v) is 3.97. The smallest absolute Gasteiger partial charge is 0.252 e. The normalized spacial score (nSPS) is 13.5. The largest absolute Gasteiger partial charge is 0.371 e. The number of hydrogen-bond acceptors (Lipinski definition) is 8. The Kier molecular flexibility index (Phi) is 7.50. The Labute approximate surface area is 202 Å². The second kappa shape index (κ2) is 11.1. The maximum Gasteiger partial charge on any atom is 0.252 e. The van der Waals surface area contributed by atoms with Crippen molar-refractivity contribution >= 4 is 29.1 Å². The van der Waals surface area contributed by atoms with E-state index in [2.05, 4.69) is 25.5 Å². The number of carbonyl (C=O) groups is 2. The van der Waals surface area contributed by atoms with E-state index in [9.17, 15) is 9.59 Å². The van der Waals surface area contributed by atoms with Gasteiger partial charge in [0.05, 0.1) is 11.8 Å². The van der Waals surface area contributed by atoms with Crippen LogP contribution in [-0.2, 0) is 4.79 Å². The molecule has 35 heavy (non-hydrogen) atoms. The van der Waals surface area contributed by atoms with Crippen molar-refractivity contribution in [3.8, 4) is 17.3 Å². The van der Waals surface area contributed by atoms with Crippen molar-refractivity contribution in [2.24, 2.45) is 5.92 Å². The van der Waals surface area contributed by atoms with Gasteiger partial charge in [-0.15, -0.1) is 0 Å².